The lowest BCUT2D eigenvalue weighted by molar-refractivity contribution is -0.138. The zero-order valence-corrected chi connectivity index (χ0v) is 23.5. The number of imidazole rings is 1. The number of aromatic nitrogens is 2. The molecule has 3 rings (SSSR count). The standard InChI is InChI=1S/C29H33F3N6OS/c1-20(2)14-35-28(40)37(18-24-6-4-5-7-26(24)29(30,31)32)16-21(3)36-27(39)12-25-15-34-19-38(25)17-23-10-8-22(13-33)9-11-23/h4-11,15,19-21H,12,14,16-18H2,1-3H3,(H,35,40)(H,36,39)/t21-/m0/s1. The molecule has 0 spiro atoms. The van der Waals surface area contributed by atoms with E-state index in [4.69, 9.17) is 17.5 Å². The van der Waals surface area contributed by atoms with Crippen molar-refractivity contribution in [1.29, 1.82) is 5.26 Å². The number of hydrogen-bond acceptors (Lipinski definition) is 4. The third-order valence-corrected chi connectivity index (χ3v) is 6.51. The predicted molar refractivity (Wildman–Crippen MR) is 151 cm³/mol. The van der Waals surface area contributed by atoms with Crippen LogP contribution in [0.5, 0.6) is 0 Å². The van der Waals surface area contributed by atoms with Crippen molar-refractivity contribution in [3.05, 3.63) is 89.0 Å². The molecule has 0 aliphatic heterocycles. The molecule has 2 aromatic carbocycles. The summed E-state index contributed by atoms with van der Waals surface area (Å²) in [5.41, 5.74) is 1.63. The van der Waals surface area contributed by atoms with E-state index in [1.54, 1.807) is 42.5 Å². The van der Waals surface area contributed by atoms with E-state index in [1.807, 2.05) is 30.5 Å². The third kappa shape index (κ3) is 9.09. The Bertz CT molecular complexity index is 1330. The first-order chi connectivity index (χ1) is 19.0. The van der Waals surface area contributed by atoms with Gasteiger partial charge >= 0.3 is 6.18 Å². The van der Waals surface area contributed by atoms with Crippen LogP contribution < -0.4 is 10.6 Å². The molecule has 212 valence electrons. The number of rotatable bonds is 11. The molecule has 0 unspecified atom stereocenters. The summed E-state index contributed by atoms with van der Waals surface area (Å²) in [4.78, 5) is 18.7. The molecule has 0 fully saturated rings. The number of nitriles is 1. The quantitative estimate of drug-likeness (QED) is 0.319. The second kappa shape index (κ2) is 13.9. The van der Waals surface area contributed by atoms with E-state index in [1.165, 1.54) is 12.1 Å². The fourth-order valence-corrected chi connectivity index (χ4v) is 4.37. The van der Waals surface area contributed by atoms with Gasteiger partial charge in [0.05, 0.1) is 29.9 Å². The second-order valence-corrected chi connectivity index (χ2v) is 10.5. The van der Waals surface area contributed by atoms with Gasteiger partial charge in [-0.25, -0.2) is 4.98 Å². The highest BCUT2D eigenvalue weighted by molar-refractivity contribution is 7.80. The molecule has 1 amide bonds. The van der Waals surface area contributed by atoms with Crippen molar-refractivity contribution in [2.45, 2.75) is 52.5 Å². The molecule has 0 aliphatic carbocycles. The number of amides is 1. The maximum Gasteiger partial charge on any atom is 0.416 e. The van der Waals surface area contributed by atoms with Gasteiger partial charge in [0.2, 0.25) is 5.91 Å². The Hall–Kier alpha value is -3.91. The molecule has 2 N–H and O–H groups in total. The minimum atomic E-state index is -4.49. The van der Waals surface area contributed by atoms with E-state index in [-0.39, 0.29) is 36.9 Å². The van der Waals surface area contributed by atoms with E-state index in [0.717, 1.165) is 11.6 Å². The molecular formula is C29H33F3N6OS. The molecule has 40 heavy (non-hydrogen) atoms. The number of nitrogens with one attached hydrogen (secondary N) is 2. The number of nitrogens with zero attached hydrogens (tertiary/aromatic N) is 4. The van der Waals surface area contributed by atoms with Crippen molar-refractivity contribution in [2.24, 2.45) is 5.92 Å². The average molecular weight is 571 g/mol. The average Bonchev–Trinajstić information content (AvgIpc) is 3.32. The van der Waals surface area contributed by atoms with Crippen LogP contribution in [0.2, 0.25) is 0 Å². The Labute approximate surface area is 238 Å². The van der Waals surface area contributed by atoms with Crippen LogP contribution in [0.25, 0.3) is 0 Å². The summed E-state index contributed by atoms with van der Waals surface area (Å²) in [6, 6.07) is 14.3. The van der Waals surface area contributed by atoms with Crippen molar-refractivity contribution >= 4 is 23.2 Å². The fraction of sp³-hybridized carbons (Fsp3) is 0.379. The first-order valence-electron chi connectivity index (χ1n) is 12.9. The van der Waals surface area contributed by atoms with Crippen LogP contribution in [0.15, 0.2) is 61.1 Å². The van der Waals surface area contributed by atoms with Crippen molar-refractivity contribution in [2.75, 3.05) is 13.1 Å². The van der Waals surface area contributed by atoms with Crippen molar-refractivity contribution in [3.8, 4) is 6.07 Å². The van der Waals surface area contributed by atoms with Gasteiger partial charge in [-0.05, 0) is 54.4 Å². The summed E-state index contributed by atoms with van der Waals surface area (Å²) < 4.78 is 42.7. The Morgan fingerprint density at radius 1 is 1.15 bits per heavy atom. The SMILES string of the molecule is CC(C)CNC(=S)N(Cc1ccccc1C(F)(F)F)C[C@H](C)NC(=O)Cc1cncn1Cc1ccc(C#N)cc1. The van der Waals surface area contributed by atoms with E-state index in [9.17, 15) is 18.0 Å². The first kappa shape index (κ1) is 30.6. The van der Waals surface area contributed by atoms with E-state index >= 15 is 0 Å². The molecule has 0 radical (unpaired) electrons. The molecule has 0 saturated carbocycles. The summed E-state index contributed by atoms with van der Waals surface area (Å²) in [7, 11) is 0. The van der Waals surface area contributed by atoms with Crippen molar-refractivity contribution in [3.63, 3.8) is 0 Å². The number of carbonyl (C=O) groups is 1. The fourth-order valence-electron chi connectivity index (χ4n) is 4.15. The Morgan fingerprint density at radius 3 is 2.50 bits per heavy atom. The number of benzene rings is 2. The zero-order valence-electron chi connectivity index (χ0n) is 22.7. The number of thiocarbonyl (C=S) groups is 1. The van der Waals surface area contributed by atoms with E-state index in [0.29, 0.717) is 29.5 Å². The number of halogens is 3. The van der Waals surface area contributed by atoms with Gasteiger partial charge in [-0.1, -0.05) is 44.2 Å². The summed E-state index contributed by atoms with van der Waals surface area (Å²) >= 11 is 5.54. The molecule has 1 atom stereocenters. The van der Waals surface area contributed by atoms with Crippen LogP contribution in [-0.4, -0.2) is 44.6 Å². The Morgan fingerprint density at radius 2 is 1.85 bits per heavy atom. The summed E-state index contributed by atoms with van der Waals surface area (Å²) in [6.07, 6.45) is -1.15. The summed E-state index contributed by atoms with van der Waals surface area (Å²) in [6.45, 7) is 7.02. The number of carbonyl (C=O) groups excluding carboxylic acids is 1. The van der Waals surface area contributed by atoms with Crippen LogP contribution in [-0.2, 0) is 30.5 Å². The minimum absolute atomic E-state index is 0.0583. The van der Waals surface area contributed by atoms with Gasteiger partial charge in [0, 0.05) is 44.1 Å². The number of hydrogen-bond donors (Lipinski definition) is 2. The summed E-state index contributed by atoms with van der Waals surface area (Å²) in [5.74, 6) is 0.0410. The van der Waals surface area contributed by atoms with Gasteiger partial charge in [0.1, 0.15) is 0 Å². The van der Waals surface area contributed by atoms with Crippen LogP contribution in [0.3, 0.4) is 0 Å². The molecular weight excluding hydrogens is 537 g/mol. The zero-order chi connectivity index (χ0) is 29.3. The highest BCUT2D eigenvalue weighted by Crippen LogP contribution is 2.32. The molecule has 0 aliphatic rings. The van der Waals surface area contributed by atoms with E-state index < -0.39 is 17.8 Å². The van der Waals surface area contributed by atoms with Gasteiger partial charge in [-0.3, -0.25) is 4.79 Å². The van der Waals surface area contributed by atoms with Crippen LogP contribution in [0.4, 0.5) is 13.2 Å². The Kier molecular flexibility index (Phi) is 10.7. The second-order valence-electron chi connectivity index (χ2n) is 10.1. The minimum Gasteiger partial charge on any atom is -0.362 e. The highest BCUT2D eigenvalue weighted by atomic mass is 32.1. The van der Waals surface area contributed by atoms with Crippen LogP contribution in [0.1, 0.15) is 48.7 Å². The topological polar surface area (TPSA) is 86.0 Å². The largest absolute Gasteiger partial charge is 0.416 e. The van der Waals surface area contributed by atoms with Crippen molar-refractivity contribution in [1.82, 2.24) is 25.1 Å². The van der Waals surface area contributed by atoms with Gasteiger partial charge in [-0.15, -0.1) is 0 Å². The first-order valence-corrected chi connectivity index (χ1v) is 13.3. The maximum atomic E-state index is 13.6. The maximum absolute atomic E-state index is 13.6. The molecule has 3 aromatic rings. The molecule has 11 heteroatoms. The normalized spacial score (nSPS) is 12.1. The third-order valence-electron chi connectivity index (χ3n) is 6.11. The lowest BCUT2D eigenvalue weighted by Crippen LogP contribution is -2.48. The van der Waals surface area contributed by atoms with Crippen LogP contribution in [0, 0.1) is 17.2 Å². The molecule has 1 heterocycles. The number of alkyl halides is 3. The van der Waals surface area contributed by atoms with Crippen molar-refractivity contribution < 1.29 is 18.0 Å². The van der Waals surface area contributed by atoms with E-state index in [2.05, 4.69) is 21.7 Å². The Balaban J connectivity index is 1.67. The van der Waals surface area contributed by atoms with Gasteiger partial charge in [-0.2, -0.15) is 18.4 Å². The van der Waals surface area contributed by atoms with Crippen LogP contribution >= 0.6 is 12.2 Å². The monoisotopic (exact) mass is 570 g/mol. The highest BCUT2D eigenvalue weighted by Gasteiger charge is 2.33. The van der Waals surface area contributed by atoms with Gasteiger partial charge in [0.25, 0.3) is 0 Å². The predicted octanol–water partition coefficient (Wildman–Crippen LogP) is 4.90. The molecule has 0 bridgehead atoms. The molecule has 1 aromatic heterocycles. The summed E-state index contributed by atoms with van der Waals surface area (Å²) in [5, 5.41) is 15.4. The molecule has 7 nitrogen and oxygen atoms in total. The van der Waals surface area contributed by atoms with Gasteiger partial charge in [0.15, 0.2) is 5.11 Å². The smallest absolute Gasteiger partial charge is 0.362 e. The lowest BCUT2D eigenvalue weighted by atomic mass is 10.1. The lowest BCUT2D eigenvalue weighted by Gasteiger charge is -2.30. The van der Waals surface area contributed by atoms with Gasteiger partial charge < -0.3 is 20.1 Å². The molecule has 0 saturated heterocycles.